The molecule has 2 rings (SSSR count). The molecule has 1 aliphatic rings. The van der Waals surface area contributed by atoms with Crippen LogP contribution in [0.1, 0.15) is 26.2 Å². The molecule has 26 heavy (non-hydrogen) atoms. The normalized spacial score (nSPS) is 17.1. The second kappa shape index (κ2) is 11.9. The van der Waals surface area contributed by atoms with Crippen molar-refractivity contribution in [2.24, 2.45) is 11.8 Å². The van der Waals surface area contributed by atoms with Gasteiger partial charge < -0.3 is 20.5 Å². The van der Waals surface area contributed by atoms with E-state index >= 15 is 0 Å². The fourth-order valence-electron chi connectivity index (χ4n) is 3.02. The molecule has 0 radical (unpaired) electrons. The lowest BCUT2D eigenvalue weighted by Crippen LogP contribution is -2.37. The first-order valence-corrected chi connectivity index (χ1v) is 9.45. The molecular weight excluding hydrogens is 399 g/mol. The molecular formula is C18H27Cl3N2O3. The van der Waals surface area contributed by atoms with Crippen LogP contribution in [0.2, 0.25) is 10.0 Å². The summed E-state index contributed by atoms with van der Waals surface area (Å²) in [5.74, 6) is 1.32. The number of halogens is 3. The third-order valence-electron chi connectivity index (χ3n) is 4.58. The average molecular weight is 426 g/mol. The summed E-state index contributed by atoms with van der Waals surface area (Å²) in [6, 6.07) is 5.07. The zero-order chi connectivity index (χ0) is 18.2. The van der Waals surface area contributed by atoms with E-state index in [1.807, 2.05) is 0 Å². The number of aliphatic hydroxyl groups excluding tert-OH is 1. The third-order valence-corrected chi connectivity index (χ3v) is 5.38. The van der Waals surface area contributed by atoms with Gasteiger partial charge in [-0.2, -0.15) is 0 Å². The van der Waals surface area contributed by atoms with Crippen molar-refractivity contribution in [1.29, 1.82) is 0 Å². The van der Waals surface area contributed by atoms with E-state index in [2.05, 4.69) is 17.6 Å². The summed E-state index contributed by atoms with van der Waals surface area (Å²) in [6.07, 6.45) is 1.91. The number of hydrogen-bond donors (Lipinski definition) is 3. The maximum atomic E-state index is 12.1. The van der Waals surface area contributed by atoms with Gasteiger partial charge in [0.2, 0.25) is 5.91 Å². The molecule has 1 aliphatic heterocycles. The van der Waals surface area contributed by atoms with Crippen LogP contribution in [-0.4, -0.2) is 43.4 Å². The zero-order valence-electron chi connectivity index (χ0n) is 14.8. The summed E-state index contributed by atoms with van der Waals surface area (Å²) < 4.78 is 5.46. The zero-order valence-corrected chi connectivity index (χ0v) is 17.2. The Hall–Kier alpha value is -0.720. The molecule has 8 heteroatoms. The topological polar surface area (TPSA) is 70.6 Å². The van der Waals surface area contributed by atoms with Crippen molar-refractivity contribution in [3.8, 4) is 5.75 Å². The van der Waals surface area contributed by atoms with E-state index in [-0.39, 0.29) is 31.5 Å². The van der Waals surface area contributed by atoms with Crippen molar-refractivity contribution in [1.82, 2.24) is 10.6 Å². The van der Waals surface area contributed by atoms with E-state index in [0.717, 1.165) is 25.9 Å². The fourth-order valence-corrected chi connectivity index (χ4v) is 3.36. The molecule has 2 atom stereocenters. The minimum Gasteiger partial charge on any atom is -0.489 e. The Morgan fingerprint density at radius 1 is 1.38 bits per heavy atom. The molecule has 1 fully saturated rings. The summed E-state index contributed by atoms with van der Waals surface area (Å²) >= 11 is 11.9. The van der Waals surface area contributed by atoms with Crippen LogP contribution in [0.15, 0.2) is 18.2 Å². The fraction of sp³-hybridized carbons (Fsp3) is 0.611. The molecule has 0 aliphatic carbocycles. The van der Waals surface area contributed by atoms with E-state index in [0.29, 0.717) is 34.1 Å². The molecule has 0 bridgehead atoms. The van der Waals surface area contributed by atoms with Gasteiger partial charge in [0.1, 0.15) is 23.5 Å². The van der Waals surface area contributed by atoms with Gasteiger partial charge in [-0.25, -0.2) is 0 Å². The minimum absolute atomic E-state index is 0. The summed E-state index contributed by atoms with van der Waals surface area (Å²) in [6.45, 7) is 4.36. The Balaban J connectivity index is 0.00000338. The van der Waals surface area contributed by atoms with Gasteiger partial charge >= 0.3 is 0 Å². The van der Waals surface area contributed by atoms with E-state index in [1.165, 1.54) is 0 Å². The predicted molar refractivity (Wildman–Crippen MR) is 108 cm³/mol. The Morgan fingerprint density at radius 3 is 2.77 bits per heavy atom. The number of ether oxygens (including phenoxy) is 1. The van der Waals surface area contributed by atoms with Crippen LogP contribution in [0, 0.1) is 11.8 Å². The van der Waals surface area contributed by atoms with Crippen molar-refractivity contribution in [2.45, 2.75) is 32.3 Å². The van der Waals surface area contributed by atoms with E-state index < -0.39 is 6.10 Å². The van der Waals surface area contributed by atoms with E-state index in [1.54, 1.807) is 18.2 Å². The largest absolute Gasteiger partial charge is 0.489 e. The lowest BCUT2D eigenvalue weighted by atomic mass is 9.84. The van der Waals surface area contributed by atoms with Crippen LogP contribution in [-0.2, 0) is 4.79 Å². The Labute approximate surface area is 171 Å². The Kier molecular flexibility index (Phi) is 10.7. The van der Waals surface area contributed by atoms with Crippen molar-refractivity contribution >= 4 is 41.5 Å². The molecule has 5 nitrogen and oxygen atoms in total. The highest BCUT2D eigenvalue weighted by Gasteiger charge is 2.22. The summed E-state index contributed by atoms with van der Waals surface area (Å²) in [4.78, 5) is 12.1. The number of benzene rings is 1. The van der Waals surface area contributed by atoms with Gasteiger partial charge in [0.15, 0.2) is 0 Å². The van der Waals surface area contributed by atoms with E-state index in [9.17, 15) is 9.90 Å². The second-order valence-electron chi connectivity index (χ2n) is 6.59. The molecule has 1 aromatic carbocycles. The quantitative estimate of drug-likeness (QED) is 0.598. The molecule has 3 N–H and O–H groups in total. The molecule has 1 amide bonds. The summed E-state index contributed by atoms with van der Waals surface area (Å²) in [7, 11) is 0. The highest BCUT2D eigenvalue weighted by atomic mass is 35.5. The number of nitrogens with one attached hydrogen (secondary N) is 2. The Bertz CT molecular complexity index is 569. The first-order chi connectivity index (χ1) is 12.0. The first-order valence-electron chi connectivity index (χ1n) is 8.69. The number of aliphatic hydroxyl groups is 1. The van der Waals surface area contributed by atoms with Gasteiger partial charge in [-0.1, -0.05) is 36.2 Å². The number of amides is 1. The summed E-state index contributed by atoms with van der Waals surface area (Å²) in [5.41, 5.74) is 0. The second-order valence-corrected chi connectivity index (χ2v) is 7.37. The van der Waals surface area contributed by atoms with Gasteiger partial charge in [-0.05, 0) is 49.9 Å². The third kappa shape index (κ3) is 7.49. The number of hydrogen-bond acceptors (Lipinski definition) is 4. The molecule has 2 unspecified atom stereocenters. The number of carbonyl (C=O) groups is 1. The molecule has 0 aromatic heterocycles. The molecule has 1 saturated heterocycles. The summed E-state index contributed by atoms with van der Waals surface area (Å²) in [5, 5.41) is 16.8. The molecule has 1 heterocycles. The van der Waals surface area contributed by atoms with Crippen molar-refractivity contribution in [3.63, 3.8) is 0 Å². The Morgan fingerprint density at radius 2 is 2.08 bits per heavy atom. The maximum Gasteiger partial charge on any atom is 0.220 e. The highest BCUT2D eigenvalue weighted by molar-refractivity contribution is 6.42. The van der Waals surface area contributed by atoms with Crippen LogP contribution in [0.25, 0.3) is 0 Å². The minimum atomic E-state index is -0.812. The van der Waals surface area contributed by atoms with Crippen LogP contribution in [0.4, 0.5) is 0 Å². The van der Waals surface area contributed by atoms with Crippen molar-refractivity contribution in [3.05, 3.63) is 28.2 Å². The maximum absolute atomic E-state index is 12.1. The van der Waals surface area contributed by atoms with Gasteiger partial charge in [0.25, 0.3) is 0 Å². The highest BCUT2D eigenvalue weighted by Crippen LogP contribution is 2.31. The number of rotatable bonds is 8. The van der Waals surface area contributed by atoms with E-state index in [4.69, 9.17) is 27.9 Å². The van der Waals surface area contributed by atoms with Gasteiger partial charge in [-0.3, -0.25) is 4.79 Å². The standard InChI is InChI=1S/C18H26Cl2N2O3.ClH/c1-12(13-5-7-21-8-6-13)9-17(24)22-10-14(23)11-25-16-4-2-3-15(19)18(16)20;/h2-4,12-14,21,23H,5-11H2,1H3,(H,22,24);1H. The lowest BCUT2D eigenvalue weighted by Gasteiger charge is -2.28. The lowest BCUT2D eigenvalue weighted by molar-refractivity contribution is -0.122. The smallest absolute Gasteiger partial charge is 0.220 e. The monoisotopic (exact) mass is 424 g/mol. The van der Waals surface area contributed by atoms with Crippen molar-refractivity contribution in [2.75, 3.05) is 26.2 Å². The van der Waals surface area contributed by atoms with Crippen LogP contribution in [0.3, 0.4) is 0 Å². The van der Waals surface area contributed by atoms with Crippen LogP contribution in [0.5, 0.6) is 5.75 Å². The van der Waals surface area contributed by atoms with Gasteiger partial charge in [-0.15, -0.1) is 12.4 Å². The SMILES string of the molecule is CC(CC(=O)NCC(O)COc1cccc(Cl)c1Cl)C1CCNCC1.Cl. The van der Waals surface area contributed by atoms with Crippen molar-refractivity contribution < 1.29 is 14.6 Å². The number of carbonyl (C=O) groups excluding carboxylic acids is 1. The van der Waals surface area contributed by atoms with Crippen LogP contribution < -0.4 is 15.4 Å². The average Bonchev–Trinajstić information content (AvgIpc) is 2.62. The predicted octanol–water partition coefficient (Wildman–Crippen LogP) is 3.30. The number of piperidine rings is 1. The molecule has 148 valence electrons. The van der Waals surface area contributed by atoms with Gasteiger partial charge in [0.05, 0.1) is 5.02 Å². The molecule has 0 saturated carbocycles. The molecule has 0 spiro atoms. The van der Waals surface area contributed by atoms with Crippen LogP contribution >= 0.6 is 35.6 Å². The molecule has 1 aromatic rings. The van der Waals surface area contributed by atoms with Gasteiger partial charge in [0, 0.05) is 13.0 Å². The first kappa shape index (κ1) is 23.3.